The molecule has 0 aromatic rings. The summed E-state index contributed by atoms with van der Waals surface area (Å²) < 4.78 is 56.8. The molecule has 0 saturated carbocycles. The summed E-state index contributed by atoms with van der Waals surface area (Å²) in [7, 11) is -10.4. The summed E-state index contributed by atoms with van der Waals surface area (Å²) in [4.78, 5) is 48.0. The smallest absolute Gasteiger partial charge is 0.367 e. The van der Waals surface area contributed by atoms with E-state index in [1.54, 1.807) is 20.8 Å². The summed E-state index contributed by atoms with van der Waals surface area (Å²) in [6.45, 7) is 5.33. The lowest BCUT2D eigenvalue weighted by Crippen LogP contribution is -2.33. The van der Waals surface area contributed by atoms with Crippen LogP contribution in [-0.2, 0) is 41.1 Å². The predicted octanol–water partition coefficient (Wildman–Crippen LogP) is 0.216. The highest BCUT2D eigenvalue weighted by atomic mass is 31.3. The van der Waals surface area contributed by atoms with E-state index in [2.05, 4.69) is 30.4 Å². The third-order valence-electron chi connectivity index (χ3n) is 4.54. The Kier molecular flexibility index (Phi) is 12.4. The standard InChI is InChI=1S/C15H28BN2O13P3/c1-4-14(19)17-6-9-27-8-5-7-18(16)15-12(3)11(2)13(29-15)10-28-33(23,24)31-34(25,26)30-32(20,21)22/h11-13,15H,4,6,8-10H2,1-3H3,(H,17,19)(H,23,24)(H,25,26)(H2,20,21,22)/t11?,12-,13+,15+/m0/s1. The Morgan fingerprint density at radius 2 is 1.76 bits per heavy atom. The number of amides is 1. The number of phosphoric ester groups is 1. The van der Waals surface area contributed by atoms with E-state index < -0.39 is 42.4 Å². The largest absolute Gasteiger partial charge is 0.490 e. The van der Waals surface area contributed by atoms with Gasteiger partial charge in [0.1, 0.15) is 12.8 Å². The van der Waals surface area contributed by atoms with E-state index in [-0.39, 0.29) is 31.0 Å². The second-order valence-corrected chi connectivity index (χ2v) is 11.5. The Morgan fingerprint density at radius 1 is 1.12 bits per heavy atom. The lowest BCUT2D eigenvalue weighted by Gasteiger charge is -2.24. The summed E-state index contributed by atoms with van der Waals surface area (Å²) in [5, 5.41) is 2.64. The van der Waals surface area contributed by atoms with Crippen LogP contribution >= 0.6 is 23.5 Å². The fourth-order valence-electron chi connectivity index (χ4n) is 2.70. The minimum absolute atomic E-state index is 0.0435. The zero-order valence-corrected chi connectivity index (χ0v) is 21.4. The summed E-state index contributed by atoms with van der Waals surface area (Å²) in [6.07, 6.45) is -1.17. The average Bonchev–Trinajstić information content (AvgIpc) is 2.97. The second kappa shape index (κ2) is 13.5. The molecule has 3 unspecified atom stereocenters. The molecule has 34 heavy (non-hydrogen) atoms. The van der Waals surface area contributed by atoms with Crippen LogP contribution in [0.3, 0.4) is 0 Å². The van der Waals surface area contributed by atoms with Crippen molar-refractivity contribution in [3.8, 4) is 12.0 Å². The highest BCUT2D eigenvalue weighted by Crippen LogP contribution is 2.66. The molecule has 0 aliphatic carbocycles. The fourth-order valence-corrected chi connectivity index (χ4v) is 5.73. The molecule has 194 valence electrons. The van der Waals surface area contributed by atoms with Gasteiger partial charge in [-0.2, -0.15) is 8.62 Å². The summed E-state index contributed by atoms with van der Waals surface area (Å²) >= 11 is 0. The number of ether oxygens (including phenoxy) is 2. The topological polar surface area (TPSA) is 211 Å². The van der Waals surface area contributed by atoms with Gasteiger partial charge in [-0.05, 0) is 12.0 Å². The Morgan fingerprint density at radius 3 is 2.35 bits per heavy atom. The van der Waals surface area contributed by atoms with Gasteiger partial charge >= 0.3 is 23.5 Å². The number of carbonyl (C=O) groups is 1. The van der Waals surface area contributed by atoms with Gasteiger partial charge in [-0.1, -0.05) is 26.7 Å². The van der Waals surface area contributed by atoms with Gasteiger partial charge in [0.25, 0.3) is 0 Å². The molecule has 1 heterocycles. The van der Waals surface area contributed by atoms with Gasteiger partial charge in [0.15, 0.2) is 0 Å². The zero-order chi connectivity index (χ0) is 26.2. The molecule has 5 N–H and O–H groups in total. The number of rotatable bonds is 13. The van der Waals surface area contributed by atoms with Gasteiger partial charge in [-0.15, -0.1) is 0 Å². The molecular formula is C15H28BN2O13P3. The first kappa shape index (κ1) is 31.3. The van der Waals surface area contributed by atoms with Crippen LogP contribution in [0.25, 0.3) is 0 Å². The van der Waals surface area contributed by atoms with Crippen molar-refractivity contribution < 1.29 is 60.7 Å². The van der Waals surface area contributed by atoms with E-state index in [0.29, 0.717) is 13.0 Å². The maximum atomic E-state index is 11.9. The molecule has 1 saturated heterocycles. The van der Waals surface area contributed by atoms with Crippen molar-refractivity contribution in [3.05, 3.63) is 0 Å². The van der Waals surface area contributed by atoms with Crippen LogP contribution in [0, 0.1) is 23.8 Å². The predicted molar refractivity (Wildman–Crippen MR) is 116 cm³/mol. The van der Waals surface area contributed by atoms with Gasteiger partial charge in [0, 0.05) is 18.9 Å². The van der Waals surface area contributed by atoms with Crippen molar-refractivity contribution in [1.82, 2.24) is 10.1 Å². The SMILES string of the molecule is [B]N(C#CCOCCNC(=O)CC)[C@@H]1O[C@H](COP(=O)(O)OP(=O)(O)OP(=O)(O)O)C(C)[C@@H]1C. The van der Waals surface area contributed by atoms with E-state index in [0.717, 1.165) is 4.81 Å². The summed E-state index contributed by atoms with van der Waals surface area (Å²) in [5.41, 5.74) is 0. The number of nitrogens with one attached hydrogen (secondary N) is 1. The molecule has 0 aromatic carbocycles. The molecule has 1 aliphatic rings. The Labute approximate surface area is 198 Å². The van der Waals surface area contributed by atoms with Gasteiger partial charge in [-0.25, -0.2) is 13.7 Å². The van der Waals surface area contributed by atoms with Gasteiger partial charge < -0.3 is 39.2 Å². The van der Waals surface area contributed by atoms with E-state index in [4.69, 9.17) is 27.2 Å². The third-order valence-corrected chi connectivity index (χ3v) is 8.35. The highest BCUT2D eigenvalue weighted by molar-refractivity contribution is 7.66. The summed E-state index contributed by atoms with van der Waals surface area (Å²) in [5.74, 6) is 2.09. The van der Waals surface area contributed by atoms with Crippen LogP contribution in [0.4, 0.5) is 0 Å². The number of hydrogen-bond donors (Lipinski definition) is 5. The van der Waals surface area contributed by atoms with E-state index in [1.165, 1.54) is 0 Å². The highest BCUT2D eigenvalue weighted by Gasteiger charge is 2.44. The zero-order valence-electron chi connectivity index (χ0n) is 18.7. The molecule has 0 bridgehead atoms. The van der Waals surface area contributed by atoms with Crippen LogP contribution in [0.1, 0.15) is 27.2 Å². The molecule has 6 atom stereocenters. The van der Waals surface area contributed by atoms with Crippen LogP contribution in [-0.4, -0.2) is 77.0 Å². The molecule has 1 aliphatic heterocycles. The molecule has 2 radical (unpaired) electrons. The van der Waals surface area contributed by atoms with Crippen molar-refractivity contribution in [2.75, 3.05) is 26.4 Å². The Hall–Kier alpha value is -0.775. The van der Waals surface area contributed by atoms with Crippen LogP contribution in [0.2, 0.25) is 0 Å². The van der Waals surface area contributed by atoms with Gasteiger partial charge in [-0.3, -0.25) is 9.32 Å². The lowest BCUT2D eigenvalue weighted by molar-refractivity contribution is -0.121. The Bertz CT molecular complexity index is 891. The first-order valence-corrected chi connectivity index (χ1v) is 14.4. The molecule has 0 aromatic heterocycles. The number of phosphoric acid groups is 3. The number of nitrogens with zero attached hydrogens (tertiary/aromatic N) is 1. The van der Waals surface area contributed by atoms with Crippen molar-refractivity contribution >= 4 is 37.4 Å². The van der Waals surface area contributed by atoms with E-state index >= 15 is 0 Å². The molecular weight excluding hydrogens is 520 g/mol. The quantitative estimate of drug-likeness (QED) is 0.0686. The van der Waals surface area contributed by atoms with E-state index in [1.807, 2.05) is 0 Å². The van der Waals surface area contributed by atoms with Crippen LogP contribution in [0.5, 0.6) is 0 Å². The minimum Gasteiger partial charge on any atom is -0.367 e. The third kappa shape index (κ3) is 11.8. The molecule has 15 nitrogen and oxygen atoms in total. The molecule has 1 amide bonds. The maximum Gasteiger partial charge on any atom is 0.490 e. The lowest BCUT2D eigenvalue weighted by atomic mass is 9.92. The molecule has 19 heteroatoms. The molecule has 1 rings (SSSR count). The minimum atomic E-state index is -5.60. The average molecular weight is 548 g/mol. The number of carbonyl (C=O) groups excluding carboxylic acids is 1. The van der Waals surface area contributed by atoms with Gasteiger partial charge in [0.2, 0.25) is 13.9 Å². The van der Waals surface area contributed by atoms with E-state index in [9.17, 15) is 28.3 Å². The monoisotopic (exact) mass is 548 g/mol. The maximum absolute atomic E-state index is 11.9. The van der Waals surface area contributed by atoms with Crippen molar-refractivity contribution in [3.63, 3.8) is 0 Å². The number of hydrogen-bond acceptors (Lipinski definition) is 10. The summed E-state index contributed by atoms with van der Waals surface area (Å²) in [6, 6.07) is 2.63. The second-order valence-electron chi connectivity index (χ2n) is 7.12. The van der Waals surface area contributed by atoms with Crippen molar-refractivity contribution in [2.45, 2.75) is 39.5 Å². The van der Waals surface area contributed by atoms with Crippen LogP contribution in [0.15, 0.2) is 0 Å². The molecule has 1 fully saturated rings. The van der Waals surface area contributed by atoms with Crippen molar-refractivity contribution in [1.29, 1.82) is 0 Å². The first-order chi connectivity index (χ1) is 15.6. The van der Waals surface area contributed by atoms with Gasteiger partial charge in [0.05, 0.1) is 19.3 Å². The Balaban J connectivity index is 2.54. The fraction of sp³-hybridized carbons (Fsp3) is 0.800. The first-order valence-electron chi connectivity index (χ1n) is 9.87. The van der Waals surface area contributed by atoms with Crippen LogP contribution < -0.4 is 5.32 Å². The molecule has 0 spiro atoms. The normalized spacial score (nSPS) is 26.1. The van der Waals surface area contributed by atoms with Crippen molar-refractivity contribution in [2.24, 2.45) is 11.8 Å².